The Balaban J connectivity index is 1.75. The summed E-state index contributed by atoms with van der Waals surface area (Å²) >= 11 is 1.75. The molecule has 3 rings (SSSR count). The van der Waals surface area contributed by atoms with Gasteiger partial charge in [0.05, 0.1) is 12.6 Å². The topological polar surface area (TPSA) is 32.3 Å². The van der Waals surface area contributed by atoms with Gasteiger partial charge in [0.15, 0.2) is 0 Å². The highest BCUT2D eigenvalue weighted by Gasteiger charge is 2.42. The van der Waals surface area contributed by atoms with Crippen LogP contribution in [0.1, 0.15) is 44.4 Å². The second kappa shape index (κ2) is 5.49. The van der Waals surface area contributed by atoms with Crippen molar-refractivity contribution in [1.29, 1.82) is 0 Å². The van der Waals surface area contributed by atoms with Crippen molar-refractivity contribution in [3.63, 3.8) is 0 Å². The van der Waals surface area contributed by atoms with Crippen LogP contribution in [-0.2, 0) is 11.3 Å². The van der Waals surface area contributed by atoms with Crippen LogP contribution in [0.25, 0.3) is 0 Å². The van der Waals surface area contributed by atoms with Gasteiger partial charge in [0.1, 0.15) is 0 Å². The maximum Gasteiger partial charge on any atom is 0.240 e. The predicted octanol–water partition coefficient (Wildman–Crippen LogP) is 3.02. The van der Waals surface area contributed by atoms with E-state index in [1.54, 1.807) is 11.3 Å². The van der Waals surface area contributed by atoms with E-state index in [9.17, 15) is 4.79 Å². The predicted molar refractivity (Wildman–Crippen MR) is 82.7 cm³/mol. The normalized spacial score (nSPS) is 25.4. The van der Waals surface area contributed by atoms with Gasteiger partial charge >= 0.3 is 0 Å². The van der Waals surface area contributed by atoms with Gasteiger partial charge in [-0.15, -0.1) is 11.3 Å². The SMILES string of the molecule is CC1(C)CCCNC1C(=O)N(Cc1cccs1)C1CC1. The number of amides is 1. The van der Waals surface area contributed by atoms with Crippen LogP contribution in [0.4, 0.5) is 0 Å². The Hall–Kier alpha value is -0.870. The molecular weight excluding hydrogens is 268 g/mol. The average Bonchev–Trinajstić information content (AvgIpc) is 3.12. The fourth-order valence-corrected chi connectivity index (χ4v) is 3.84. The zero-order valence-electron chi connectivity index (χ0n) is 12.4. The van der Waals surface area contributed by atoms with Crippen molar-refractivity contribution in [1.82, 2.24) is 10.2 Å². The zero-order valence-corrected chi connectivity index (χ0v) is 13.2. The molecule has 1 aromatic rings. The Morgan fingerprint density at radius 1 is 1.50 bits per heavy atom. The number of piperidine rings is 1. The fourth-order valence-electron chi connectivity index (χ4n) is 3.14. The van der Waals surface area contributed by atoms with Crippen molar-refractivity contribution in [2.45, 2.75) is 58.2 Å². The summed E-state index contributed by atoms with van der Waals surface area (Å²) in [4.78, 5) is 16.4. The van der Waals surface area contributed by atoms with Gasteiger partial charge in [0.2, 0.25) is 5.91 Å². The molecule has 3 nitrogen and oxygen atoms in total. The summed E-state index contributed by atoms with van der Waals surface area (Å²) in [6.07, 6.45) is 4.65. The Bertz CT molecular complexity index is 465. The van der Waals surface area contributed by atoms with Crippen LogP contribution in [0.2, 0.25) is 0 Å². The molecule has 2 fully saturated rings. The molecule has 4 heteroatoms. The summed E-state index contributed by atoms with van der Waals surface area (Å²) in [6, 6.07) is 4.66. The van der Waals surface area contributed by atoms with Crippen LogP contribution in [0.5, 0.6) is 0 Å². The van der Waals surface area contributed by atoms with E-state index in [1.165, 1.54) is 24.1 Å². The summed E-state index contributed by atoms with van der Waals surface area (Å²) in [5.41, 5.74) is 0.0674. The van der Waals surface area contributed by atoms with Gasteiger partial charge in [-0.2, -0.15) is 0 Å². The first kappa shape index (κ1) is 14.1. The molecule has 110 valence electrons. The molecule has 1 saturated heterocycles. The molecule has 1 aromatic heterocycles. The number of hydrogen-bond donors (Lipinski definition) is 1. The monoisotopic (exact) mass is 292 g/mol. The van der Waals surface area contributed by atoms with Gasteiger partial charge in [-0.25, -0.2) is 0 Å². The van der Waals surface area contributed by atoms with E-state index in [2.05, 4.69) is 41.6 Å². The average molecular weight is 292 g/mol. The minimum absolute atomic E-state index is 0.0168. The number of rotatable bonds is 4. The molecule has 2 heterocycles. The van der Waals surface area contributed by atoms with Crippen LogP contribution >= 0.6 is 11.3 Å². The maximum absolute atomic E-state index is 13.0. The summed E-state index contributed by atoms with van der Waals surface area (Å²) < 4.78 is 0. The van der Waals surface area contributed by atoms with E-state index >= 15 is 0 Å². The molecule has 1 aliphatic carbocycles. The first-order chi connectivity index (χ1) is 9.58. The zero-order chi connectivity index (χ0) is 14.2. The van der Waals surface area contributed by atoms with E-state index in [4.69, 9.17) is 0 Å². The molecule has 1 aliphatic heterocycles. The highest BCUT2D eigenvalue weighted by Crippen LogP contribution is 2.35. The Morgan fingerprint density at radius 3 is 2.90 bits per heavy atom. The van der Waals surface area contributed by atoms with Crippen LogP contribution in [0.3, 0.4) is 0 Å². The standard InChI is InChI=1S/C16H24N2OS/c1-16(2)8-4-9-17-14(16)15(19)18(12-6-7-12)11-13-5-3-10-20-13/h3,5,10,12,14,17H,4,6-9,11H2,1-2H3. The van der Waals surface area contributed by atoms with Crippen molar-refractivity contribution in [3.05, 3.63) is 22.4 Å². The van der Waals surface area contributed by atoms with E-state index in [0.717, 1.165) is 19.5 Å². The molecule has 0 spiro atoms. The van der Waals surface area contributed by atoms with Gasteiger partial charge in [-0.3, -0.25) is 4.79 Å². The quantitative estimate of drug-likeness (QED) is 0.925. The third kappa shape index (κ3) is 2.91. The number of hydrogen-bond acceptors (Lipinski definition) is 3. The minimum Gasteiger partial charge on any atom is -0.333 e. The van der Waals surface area contributed by atoms with Crippen LogP contribution in [-0.4, -0.2) is 29.4 Å². The molecular formula is C16H24N2OS. The molecule has 1 amide bonds. The number of carbonyl (C=O) groups excluding carboxylic acids is 1. The smallest absolute Gasteiger partial charge is 0.240 e. The molecule has 0 aromatic carbocycles. The summed E-state index contributed by atoms with van der Waals surface area (Å²) in [7, 11) is 0. The second-order valence-electron chi connectivity index (χ2n) is 6.76. The summed E-state index contributed by atoms with van der Waals surface area (Å²) in [5, 5.41) is 5.56. The minimum atomic E-state index is -0.0168. The maximum atomic E-state index is 13.0. The number of nitrogens with zero attached hydrogens (tertiary/aromatic N) is 1. The Kier molecular flexibility index (Phi) is 3.87. The summed E-state index contributed by atoms with van der Waals surface area (Å²) in [5.74, 6) is 0.311. The largest absolute Gasteiger partial charge is 0.333 e. The first-order valence-corrected chi connectivity index (χ1v) is 8.52. The van der Waals surface area contributed by atoms with Crippen molar-refractivity contribution in [3.8, 4) is 0 Å². The molecule has 20 heavy (non-hydrogen) atoms. The van der Waals surface area contributed by atoms with Crippen molar-refractivity contribution >= 4 is 17.2 Å². The second-order valence-corrected chi connectivity index (χ2v) is 7.79. The Morgan fingerprint density at radius 2 is 2.30 bits per heavy atom. The van der Waals surface area contributed by atoms with E-state index in [1.807, 2.05) is 0 Å². The van der Waals surface area contributed by atoms with Crippen LogP contribution in [0, 0.1) is 5.41 Å². The number of nitrogens with one attached hydrogen (secondary N) is 1. The Labute approximate surface area is 125 Å². The van der Waals surface area contributed by atoms with Gasteiger partial charge in [-0.1, -0.05) is 19.9 Å². The van der Waals surface area contributed by atoms with Gasteiger partial charge in [0.25, 0.3) is 0 Å². The van der Waals surface area contributed by atoms with Crippen molar-refractivity contribution < 1.29 is 4.79 Å². The van der Waals surface area contributed by atoms with Crippen molar-refractivity contribution in [2.75, 3.05) is 6.54 Å². The number of thiophene rings is 1. The lowest BCUT2D eigenvalue weighted by Crippen LogP contribution is -2.56. The lowest BCUT2D eigenvalue weighted by molar-refractivity contribution is -0.138. The third-order valence-corrected chi connectivity index (χ3v) is 5.41. The lowest BCUT2D eigenvalue weighted by atomic mass is 9.77. The van der Waals surface area contributed by atoms with E-state index in [-0.39, 0.29) is 11.5 Å². The van der Waals surface area contributed by atoms with E-state index in [0.29, 0.717) is 11.9 Å². The van der Waals surface area contributed by atoms with Gasteiger partial charge in [-0.05, 0) is 49.1 Å². The van der Waals surface area contributed by atoms with Crippen LogP contribution in [0.15, 0.2) is 17.5 Å². The first-order valence-electron chi connectivity index (χ1n) is 7.64. The van der Waals surface area contributed by atoms with Gasteiger partial charge < -0.3 is 10.2 Å². The number of carbonyl (C=O) groups is 1. The highest BCUT2D eigenvalue weighted by molar-refractivity contribution is 7.09. The van der Waals surface area contributed by atoms with E-state index < -0.39 is 0 Å². The van der Waals surface area contributed by atoms with Gasteiger partial charge in [0, 0.05) is 10.9 Å². The summed E-state index contributed by atoms with van der Waals surface area (Å²) in [6.45, 7) is 6.20. The van der Waals surface area contributed by atoms with Crippen molar-refractivity contribution in [2.24, 2.45) is 5.41 Å². The molecule has 0 radical (unpaired) electrons. The van der Waals surface area contributed by atoms with Crippen LogP contribution < -0.4 is 5.32 Å². The molecule has 1 unspecified atom stereocenters. The molecule has 1 N–H and O–H groups in total. The molecule has 1 atom stereocenters. The molecule has 0 bridgehead atoms. The molecule has 2 aliphatic rings. The lowest BCUT2D eigenvalue weighted by Gasteiger charge is -2.41. The molecule has 1 saturated carbocycles. The highest BCUT2D eigenvalue weighted by atomic mass is 32.1. The third-order valence-electron chi connectivity index (χ3n) is 4.55. The fraction of sp³-hybridized carbons (Fsp3) is 0.688.